The summed E-state index contributed by atoms with van der Waals surface area (Å²) in [6.45, 7) is 14.5. The molecule has 5 rings (SSSR count). The molecule has 1 aliphatic carbocycles. The van der Waals surface area contributed by atoms with E-state index in [0.29, 0.717) is 50.7 Å². The van der Waals surface area contributed by atoms with Gasteiger partial charge in [-0.2, -0.15) is 9.97 Å². The Labute approximate surface area is 264 Å². The molecule has 1 N–H and O–H groups in total. The van der Waals surface area contributed by atoms with E-state index in [4.69, 9.17) is 32.9 Å². The topological polar surface area (TPSA) is 98.5 Å². The molecule has 0 radical (unpaired) electrons. The Morgan fingerprint density at radius 2 is 2.05 bits per heavy atom. The molecule has 3 heterocycles. The molecule has 3 aliphatic rings. The summed E-state index contributed by atoms with van der Waals surface area (Å²) in [5, 5.41) is 3.48. The molecule has 2 amide bonds. The Bertz CT molecular complexity index is 1450. The van der Waals surface area contributed by atoms with Gasteiger partial charge < -0.3 is 34.5 Å². The van der Waals surface area contributed by atoms with Crippen LogP contribution in [0.4, 0.5) is 11.5 Å². The average Bonchev–Trinajstić information content (AvgIpc) is 3.49. The highest BCUT2D eigenvalue weighted by atomic mass is 35.5. The van der Waals surface area contributed by atoms with E-state index in [1.165, 1.54) is 6.08 Å². The van der Waals surface area contributed by atoms with Crippen LogP contribution in [-0.2, 0) is 22.6 Å². The van der Waals surface area contributed by atoms with Crippen LogP contribution in [0.15, 0.2) is 36.9 Å². The minimum absolute atomic E-state index is 0.0590. The quantitative estimate of drug-likeness (QED) is 0.338. The molecule has 2 fully saturated rings. The molecule has 0 bridgehead atoms. The Balaban J connectivity index is 1.46. The third-order valence-electron chi connectivity index (χ3n) is 9.38. The van der Waals surface area contributed by atoms with Gasteiger partial charge in [-0.25, -0.2) is 6.57 Å². The van der Waals surface area contributed by atoms with Gasteiger partial charge in [0.15, 0.2) is 0 Å². The van der Waals surface area contributed by atoms with Crippen LogP contribution in [0.2, 0.25) is 5.02 Å². The van der Waals surface area contributed by atoms with Crippen molar-refractivity contribution in [3.05, 3.63) is 64.6 Å². The number of aromatic nitrogens is 2. The zero-order valence-corrected chi connectivity index (χ0v) is 26.5. The van der Waals surface area contributed by atoms with Gasteiger partial charge in [-0.3, -0.25) is 9.59 Å². The summed E-state index contributed by atoms with van der Waals surface area (Å²) in [7, 11) is 5.73. The van der Waals surface area contributed by atoms with E-state index in [1.54, 1.807) is 11.9 Å². The van der Waals surface area contributed by atoms with Crippen LogP contribution in [0.3, 0.4) is 0 Å². The lowest BCUT2D eigenvalue weighted by Gasteiger charge is -2.41. The van der Waals surface area contributed by atoms with Gasteiger partial charge in [0.2, 0.25) is 18.4 Å². The minimum atomic E-state index is -0.322. The molecule has 44 heavy (non-hydrogen) atoms. The predicted octanol–water partition coefficient (Wildman–Crippen LogP) is 3.04. The van der Waals surface area contributed by atoms with E-state index in [0.717, 1.165) is 42.1 Å². The summed E-state index contributed by atoms with van der Waals surface area (Å²) >= 11 is 6.57. The van der Waals surface area contributed by atoms with Crippen LogP contribution in [0, 0.1) is 12.5 Å². The van der Waals surface area contributed by atoms with Gasteiger partial charge in [0, 0.05) is 44.7 Å². The van der Waals surface area contributed by atoms with Crippen molar-refractivity contribution in [2.75, 3.05) is 70.3 Å². The van der Waals surface area contributed by atoms with E-state index in [9.17, 15) is 9.59 Å². The lowest BCUT2D eigenvalue weighted by Crippen LogP contribution is -2.56. The van der Waals surface area contributed by atoms with Crippen LogP contribution < -0.4 is 19.9 Å². The van der Waals surface area contributed by atoms with E-state index in [-0.39, 0.29) is 41.9 Å². The minimum Gasteiger partial charge on any atom is -0.461 e. The van der Waals surface area contributed by atoms with Crippen molar-refractivity contribution in [1.82, 2.24) is 25.1 Å². The van der Waals surface area contributed by atoms with Crippen molar-refractivity contribution in [3.63, 3.8) is 0 Å². The number of likely N-dealkylation sites (N-methyl/N-ethyl adjacent to an activating group) is 1. The van der Waals surface area contributed by atoms with E-state index in [1.807, 2.05) is 38.4 Å². The van der Waals surface area contributed by atoms with Crippen LogP contribution in [0.1, 0.15) is 30.5 Å². The Morgan fingerprint density at radius 1 is 1.25 bits per heavy atom. The van der Waals surface area contributed by atoms with Crippen molar-refractivity contribution in [3.8, 4) is 6.01 Å². The van der Waals surface area contributed by atoms with E-state index < -0.39 is 0 Å². The lowest BCUT2D eigenvalue weighted by atomic mass is 9.95. The third-order valence-corrected chi connectivity index (χ3v) is 9.70. The first-order valence-corrected chi connectivity index (χ1v) is 15.5. The van der Waals surface area contributed by atoms with Crippen molar-refractivity contribution in [2.45, 2.75) is 43.8 Å². The standard InChI is InChI=1S/C32H41ClN8O3/c1-6-28(42)41-16-15-40(19-23(41)18-34-2)29-24-12-14-39(27-10-8-7-9-25(27)33)20-26(24)36-31(37-29)44-21-32(38(4)5)13-11-22(17-32)30(43)35-3/h6-10,22-23H,1,11-21H2,3-5H3,(H,35,43)/t22?,23-,32?/m0/s1. The predicted molar refractivity (Wildman–Crippen MR) is 171 cm³/mol. The monoisotopic (exact) mass is 620 g/mol. The summed E-state index contributed by atoms with van der Waals surface area (Å²) < 4.78 is 6.44. The molecule has 2 unspecified atom stereocenters. The molecule has 11 nitrogen and oxygen atoms in total. The number of para-hydroxylation sites is 1. The highest BCUT2D eigenvalue weighted by Crippen LogP contribution is 2.39. The molecule has 3 atom stereocenters. The number of fused-ring (bicyclic) bond motifs is 1. The van der Waals surface area contributed by atoms with Crippen LogP contribution >= 0.6 is 11.6 Å². The van der Waals surface area contributed by atoms with Gasteiger partial charge in [-0.05, 0) is 58.0 Å². The highest BCUT2D eigenvalue weighted by Gasteiger charge is 2.44. The number of carbonyl (C=O) groups excluding carboxylic acids is 2. The van der Waals surface area contributed by atoms with E-state index in [2.05, 4.69) is 31.4 Å². The maximum atomic E-state index is 12.6. The Kier molecular flexibility index (Phi) is 9.61. The zero-order valence-electron chi connectivity index (χ0n) is 25.8. The highest BCUT2D eigenvalue weighted by molar-refractivity contribution is 6.33. The molecule has 2 aromatic rings. The first-order chi connectivity index (χ1) is 21.2. The van der Waals surface area contributed by atoms with E-state index >= 15 is 0 Å². The van der Waals surface area contributed by atoms with Gasteiger partial charge in [-0.15, -0.1) is 0 Å². The largest absolute Gasteiger partial charge is 0.461 e. The maximum Gasteiger partial charge on any atom is 0.318 e. The summed E-state index contributed by atoms with van der Waals surface area (Å²) in [5.41, 5.74) is 2.55. The van der Waals surface area contributed by atoms with Crippen molar-refractivity contribution in [2.24, 2.45) is 5.92 Å². The molecule has 2 aliphatic heterocycles. The number of anilines is 2. The number of ether oxygens (including phenoxy) is 1. The second-order valence-electron chi connectivity index (χ2n) is 12.0. The molecule has 1 aromatic heterocycles. The summed E-state index contributed by atoms with van der Waals surface area (Å²) in [6, 6.07) is 7.82. The van der Waals surface area contributed by atoms with Gasteiger partial charge in [-0.1, -0.05) is 30.3 Å². The second-order valence-corrected chi connectivity index (χ2v) is 12.4. The molecular weight excluding hydrogens is 580 g/mol. The van der Waals surface area contributed by atoms with Crippen LogP contribution in [-0.4, -0.2) is 104 Å². The number of nitrogens with one attached hydrogen (secondary N) is 1. The van der Waals surface area contributed by atoms with Crippen LogP contribution in [0.5, 0.6) is 6.01 Å². The number of benzene rings is 1. The van der Waals surface area contributed by atoms with Gasteiger partial charge in [0.05, 0.1) is 28.5 Å². The Hall–Kier alpha value is -3.88. The fourth-order valence-corrected chi connectivity index (χ4v) is 7.00. The number of halogens is 1. The number of nitrogens with zero attached hydrogens (tertiary/aromatic N) is 7. The number of carbonyl (C=O) groups is 2. The summed E-state index contributed by atoms with van der Waals surface area (Å²) in [5.74, 6) is 0.619. The van der Waals surface area contributed by atoms with Gasteiger partial charge in [0.1, 0.15) is 18.5 Å². The van der Waals surface area contributed by atoms with Crippen molar-refractivity contribution >= 4 is 34.9 Å². The molecular formula is C32H41ClN8O3. The molecule has 1 aromatic carbocycles. The smallest absolute Gasteiger partial charge is 0.318 e. The van der Waals surface area contributed by atoms with Crippen LogP contribution in [0.25, 0.3) is 4.85 Å². The molecule has 12 heteroatoms. The van der Waals surface area contributed by atoms with Crippen molar-refractivity contribution in [1.29, 1.82) is 0 Å². The molecule has 234 valence electrons. The fourth-order valence-electron chi connectivity index (χ4n) is 6.74. The van der Waals surface area contributed by atoms with Crippen molar-refractivity contribution < 1.29 is 14.3 Å². The second kappa shape index (κ2) is 13.4. The molecule has 1 saturated carbocycles. The lowest BCUT2D eigenvalue weighted by molar-refractivity contribution is -0.128. The Morgan fingerprint density at radius 3 is 2.75 bits per heavy atom. The zero-order chi connectivity index (χ0) is 31.4. The fraction of sp³-hybridized carbons (Fsp3) is 0.531. The SMILES string of the molecule is [C-]#[N+]C[C@H]1CN(c2nc(OCC3(N(C)C)CCC(C(=O)NC)C3)nc3c2CCN(c2ccccc2Cl)C3)CCN1C(=O)C=C. The first-order valence-electron chi connectivity index (χ1n) is 15.1. The first kappa shape index (κ1) is 31.5. The van der Waals surface area contributed by atoms with Gasteiger partial charge in [0.25, 0.3) is 0 Å². The normalized spacial score (nSPS) is 23.2. The number of hydrogen-bond acceptors (Lipinski definition) is 8. The summed E-state index contributed by atoms with van der Waals surface area (Å²) in [4.78, 5) is 46.8. The maximum absolute atomic E-state index is 12.6. The molecule has 1 saturated heterocycles. The average molecular weight is 621 g/mol. The third kappa shape index (κ3) is 6.33. The summed E-state index contributed by atoms with van der Waals surface area (Å²) in [6.07, 6.45) is 4.33. The van der Waals surface area contributed by atoms with Gasteiger partial charge >= 0.3 is 6.01 Å². The number of amides is 2. The number of hydrogen-bond donors (Lipinski definition) is 1. The number of rotatable bonds is 9. The molecule has 0 spiro atoms. The number of piperazine rings is 1.